The van der Waals surface area contributed by atoms with E-state index in [0.29, 0.717) is 24.9 Å². The van der Waals surface area contributed by atoms with Crippen molar-refractivity contribution in [3.8, 4) is 0 Å². The predicted octanol–water partition coefficient (Wildman–Crippen LogP) is 3.92. The second kappa shape index (κ2) is 7.65. The molecule has 0 saturated carbocycles. The minimum atomic E-state index is -0.697. The van der Waals surface area contributed by atoms with E-state index < -0.39 is 11.6 Å². The summed E-state index contributed by atoms with van der Waals surface area (Å²) >= 11 is 0. The van der Waals surface area contributed by atoms with Crippen molar-refractivity contribution in [2.24, 2.45) is 0 Å². The number of aromatic nitrogens is 3. The van der Waals surface area contributed by atoms with Gasteiger partial charge in [0, 0.05) is 19.2 Å². The molecule has 7 heteroatoms. The van der Waals surface area contributed by atoms with Crippen LogP contribution in [0.5, 0.6) is 0 Å². The lowest BCUT2D eigenvalue weighted by Gasteiger charge is -2.20. The third kappa shape index (κ3) is 4.26. The van der Waals surface area contributed by atoms with Gasteiger partial charge >= 0.3 is 0 Å². The maximum Gasteiger partial charge on any atom is 0.247 e. The van der Waals surface area contributed by atoms with E-state index in [9.17, 15) is 8.78 Å². The summed E-state index contributed by atoms with van der Waals surface area (Å²) in [5, 5.41) is 10.8. The number of rotatable bonds is 6. The number of anilines is 3. The highest BCUT2D eigenvalue weighted by Gasteiger charge is 2.11. The van der Waals surface area contributed by atoms with E-state index in [1.54, 1.807) is 0 Å². The Morgan fingerprint density at radius 3 is 2.60 bits per heavy atom. The maximum absolute atomic E-state index is 13.8. The molecule has 0 bridgehead atoms. The molecule has 0 unspecified atom stereocenters. The molecule has 0 spiro atoms. The summed E-state index contributed by atoms with van der Waals surface area (Å²) in [7, 11) is 0. The fourth-order valence-corrected chi connectivity index (χ4v) is 2.34. The first-order valence-electron chi connectivity index (χ1n) is 7.86. The molecule has 1 N–H and O–H groups in total. The summed E-state index contributed by atoms with van der Waals surface area (Å²) in [6, 6.07) is 13.2. The van der Waals surface area contributed by atoms with Crippen LogP contribution in [-0.4, -0.2) is 21.7 Å². The minimum Gasteiger partial charge on any atom is -0.336 e. The van der Waals surface area contributed by atoms with E-state index in [1.807, 2.05) is 42.2 Å². The van der Waals surface area contributed by atoms with Gasteiger partial charge in [-0.25, -0.2) is 8.78 Å². The van der Waals surface area contributed by atoms with Gasteiger partial charge < -0.3 is 10.2 Å². The van der Waals surface area contributed by atoms with E-state index in [4.69, 9.17) is 0 Å². The van der Waals surface area contributed by atoms with E-state index >= 15 is 0 Å². The van der Waals surface area contributed by atoms with Gasteiger partial charge in [-0.1, -0.05) is 30.3 Å². The zero-order valence-electron chi connectivity index (χ0n) is 13.7. The van der Waals surface area contributed by atoms with Crippen LogP contribution in [0.25, 0.3) is 0 Å². The summed E-state index contributed by atoms with van der Waals surface area (Å²) in [5.74, 6) is -0.567. The molecule has 0 atom stereocenters. The van der Waals surface area contributed by atoms with Crippen LogP contribution in [0.3, 0.4) is 0 Å². The van der Waals surface area contributed by atoms with Gasteiger partial charge in [-0.2, -0.15) is 10.1 Å². The zero-order valence-corrected chi connectivity index (χ0v) is 13.7. The second-order valence-electron chi connectivity index (χ2n) is 5.39. The van der Waals surface area contributed by atoms with Gasteiger partial charge in [-0.3, -0.25) is 0 Å². The van der Waals surface area contributed by atoms with E-state index in [2.05, 4.69) is 20.5 Å². The molecule has 3 rings (SSSR count). The predicted molar refractivity (Wildman–Crippen MR) is 92.6 cm³/mol. The Morgan fingerprint density at radius 1 is 1.08 bits per heavy atom. The molecule has 1 aromatic heterocycles. The SMILES string of the molecule is CCN(Cc1ccccc1)c1nncc(Nc2ccc(F)cc2F)n1. The average molecular weight is 341 g/mol. The van der Waals surface area contributed by atoms with Crippen LogP contribution < -0.4 is 10.2 Å². The first kappa shape index (κ1) is 16.8. The number of nitrogens with zero attached hydrogens (tertiary/aromatic N) is 4. The van der Waals surface area contributed by atoms with Crippen molar-refractivity contribution in [2.75, 3.05) is 16.8 Å². The molecule has 3 aromatic rings. The van der Waals surface area contributed by atoms with E-state index in [0.717, 1.165) is 11.6 Å². The summed E-state index contributed by atoms with van der Waals surface area (Å²) in [6.07, 6.45) is 1.39. The fourth-order valence-electron chi connectivity index (χ4n) is 2.34. The molecular formula is C18H17F2N5. The molecule has 0 amide bonds. The van der Waals surface area contributed by atoms with Crippen molar-refractivity contribution < 1.29 is 8.78 Å². The van der Waals surface area contributed by atoms with Crippen LogP contribution >= 0.6 is 0 Å². The number of hydrogen-bond acceptors (Lipinski definition) is 5. The number of hydrogen-bond donors (Lipinski definition) is 1. The van der Waals surface area contributed by atoms with Crippen LogP contribution in [0.15, 0.2) is 54.7 Å². The largest absolute Gasteiger partial charge is 0.336 e. The lowest BCUT2D eigenvalue weighted by atomic mass is 10.2. The summed E-state index contributed by atoms with van der Waals surface area (Å²) in [5.41, 5.74) is 1.25. The van der Waals surface area contributed by atoms with Gasteiger partial charge in [0.1, 0.15) is 11.6 Å². The number of benzene rings is 2. The first-order valence-corrected chi connectivity index (χ1v) is 7.86. The minimum absolute atomic E-state index is 0.124. The molecule has 0 aliphatic rings. The lowest BCUT2D eigenvalue weighted by Crippen LogP contribution is -2.24. The highest BCUT2D eigenvalue weighted by molar-refractivity contribution is 5.57. The Hall–Kier alpha value is -3.09. The van der Waals surface area contributed by atoms with Gasteiger partial charge in [0.2, 0.25) is 5.95 Å². The van der Waals surface area contributed by atoms with Crippen LogP contribution in [0.4, 0.5) is 26.2 Å². The number of halogens is 2. The third-order valence-corrected chi connectivity index (χ3v) is 3.62. The Bertz CT molecular complexity index is 842. The molecule has 0 saturated heterocycles. The molecule has 5 nitrogen and oxygen atoms in total. The van der Waals surface area contributed by atoms with Crippen LogP contribution in [0.1, 0.15) is 12.5 Å². The number of nitrogens with one attached hydrogen (secondary N) is 1. The Labute approximate surface area is 144 Å². The van der Waals surface area contributed by atoms with Gasteiger partial charge in [0.15, 0.2) is 5.82 Å². The van der Waals surface area contributed by atoms with Gasteiger partial charge in [0.05, 0.1) is 11.9 Å². The van der Waals surface area contributed by atoms with Crippen LogP contribution in [-0.2, 0) is 6.54 Å². The fraction of sp³-hybridized carbons (Fsp3) is 0.167. The normalized spacial score (nSPS) is 10.5. The Balaban J connectivity index is 1.80. The zero-order chi connectivity index (χ0) is 17.6. The van der Waals surface area contributed by atoms with Crippen molar-refractivity contribution in [3.63, 3.8) is 0 Å². The molecule has 128 valence electrons. The average Bonchev–Trinajstić information content (AvgIpc) is 2.63. The van der Waals surface area contributed by atoms with E-state index in [1.165, 1.54) is 18.3 Å². The monoisotopic (exact) mass is 341 g/mol. The summed E-state index contributed by atoms with van der Waals surface area (Å²) in [6.45, 7) is 3.31. The standard InChI is InChI=1S/C18H17F2N5/c1-2-25(12-13-6-4-3-5-7-13)18-23-17(11-21-24-18)22-16-9-8-14(19)10-15(16)20/h3-11H,2,12H2,1H3,(H,22,23,24). The molecule has 0 aliphatic heterocycles. The smallest absolute Gasteiger partial charge is 0.247 e. The molecule has 2 aromatic carbocycles. The van der Waals surface area contributed by atoms with Crippen LogP contribution in [0.2, 0.25) is 0 Å². The van der Waals surface area contributed by atoms with Crippen molar-refractivity contribution in [2.45, 2.75) is 13.5 Å². The van der Waals surface area contributed by atoms with Crippen molar-refractivity contribution >= 4 is 17.5 Å². The molecule has 0 radical (unpaired) electrons. The quantitative estimate of drug-likeness (QED) is 0.736. The molecule has 1 heterocycles. The first-order chi connectivity index (χ1) is 12.2. The van der Waals surface area contributed by atoms with Crippen molar-refractivity contribution in [1.29, 1.82) is 0 Å². The van der Waals surface area contributed by atoms with Crippen LogP contribution in [0, 0.1) is 11.6 Å². The van der Waals surface area contributed by atoms with Crippen molar-refractivity contribution in [1.82, 2.24) is 15.2 Å². The second-order valence-corrected chi connectivity index (χ2v) is 5.39. The summed E-state index contributed by atoms with van der Waals surface area (Å²) < 4.78 is 26.8. The molecule has 0 aliphatic carbocycles. The third-order valence-electron chi connectivity index (χ3n) is 3.62. The Kier molecular flexibility index (Phi) is 5.13. The molecular weight excluding hydrogens is 324 g/mol. The van der Waals surface area contributed by atoms with Crippen molar-refractivity contribution in [3.05, 3.63) is 71.9 Å². The molecule has 0 fully saturated rings. The maximum atomic E-state index is 13.8. The van der Waals surface area contributed by atoms with E-state index in [-0.39, 0.29) is 5.69 Å². The van der Waals surface area contributed by atoms with Gasteiger partial charge in [-0.15, -0.1) is 5.10 Å². The highest BCUT2D eigenvalue weighted by atomic mass is 19.1. The lowest BCUT2D eigenvalue weighted by molar-refractivity contribution is 0.586. The highest BCUT2D eigenvalue weighted by Crippen LogP contribution is 2.20. The summed E-state index contributed by atoms with van der Waals surface area (Å²) in [4.78, 5) is 6.33. The topological polar surface area (TPSA) is 53.9 Å². The Morgan fingerprint density at radius 2 is 1.88 bits per heavy atom. The molecule has 25 heavy (non-hydrogen) atoms. The van der Waals surface area contributed by atoms with Gasteiger partial charge in [0.25, 0.3) is 0 Å². The van der Waals surface area contributed by atoms with Gasteiger partial charge in [-0.05, 0) is 24.6 Å².